The van der Waals surface area contributed by atoms with Crippen LogP contribution >= 0.6 is 0 Å². The predicted molar refractivity (Wildman–Crippen MR) is 69.4 cm³/mol. The summed E-state index contributed by atoms with van der Waals surface area (Å²) < 4.78 is 67.5. The van der Waals surface area contributed by atoms with Crippen molar-refractivity contribution in [3.63, 3.8) is 0 Å². The fourth-order valence-corrected chi connectivity index (χ4v) is 3.06. The third kappa shape index (κ3) is 5.18. The summed E-state index contributed by atoms with van der Waals surface area (Å²) in [6.07, 6.45) is -5.73. The molecule has 0 aromatic heterocycles. The smallest absolute Gasteiger partial charge is 0.390 e. The molecule has 1 atom stereocenters. The average Bonchev–Trinajstić information content (AvgIpc) is 2.34. The van der Waals surface area contributed by atoms with Crippen molar-refractivity contribution in [2.24, 2.45) is 0 Å². The molecule has 0 bridgehead atoms. The molecule has 9 heteroatoms. The van der Waals surface area contributed by atoms with Gasteiger partial charge in [0, 0.05) is 11.6 Å². The van der Waals surface area contributed by atoms with E-state index in [9.17, 15) is 21.6 Å². The molecule has 120 valence electrons. The van der Waals surface area contributed by atoms with Crippen LogP contribution in [-0.2, 0) is 16.6 Å². The lowest BCUT2D eigenvalue weighted by atomic mass is 10.2. The standard InChI is InChI=1S/C12H16F3NO4S/c1-8(6-12(13,14)15)16-21(18,19)10-3-4-11(20-2)9(5-10)7-17/h3-5,8,16-17H,6-7H2,1-2H3. The highest BCUT2D eigenvalue weighted by Crippen LogP contribution is 2.24. The Balaban J connectivity index is 2.98. The first-order chi connectivity index (χ1) is 9.59. The van der Waals surface area contributed by atoms with Crippen LogP contribution in [0, 0.1) is 0 Å². The first kappa shape index (κ1) is 17.7. The molecule has 1 unspecified atom stereocenters. The minimum absolute atomic E-state index is 0.226. The Kier molecular flexibility index (Phi) is 5.60. The van der Waals surface area contributed by atoms with Crippen LogP contribution in [0.1, 0.15) is 18.9 Å². The molecule has 2 N–H and O–H groups in total. The van der Waals surface area contributed by atoms with Gasteiger partial charge in [-0.05, 0) is 25.1 Å². The van der Waals surface area contributed by atoms with Gasteiger partial charge in [-0.2, -0.15) is 13.2 Å². The molecule has 0 spiro atoms. The van der Waals surface area contributed by atoms with E-state index in [1.165, 1.54) is 19.2 Å². The monoisotopic (exact) mass is 327 g/mol. The topological polar surface area (TPSA) is 75.6 Å². The van der Waals surface area contributed by atoms with Crippen molar-refractivity contribution in [3.8, 4) is 5.75 Å². The number of sulfonamides is 1. The molecule has 5 nitrogen and oxygen atoms in total. The number of hydrogen-bond donors (Lipinski definition) is 2. The highest BCUT2D eigenvalue weighted by atomic mass is 32.2. The maximum absolute atomic E-state index is 12.2. The van der Waals surface area contributed by atoms with E-state index in [2.05, 4.69) is 0 Å². The Morgan fingerprint density at radius 1 is 1.38 bits per heavy atom. The lowest BCUT2D eigenvalue weighted by molar-refractivity contribution is -0.137. The summed E-state index contributed by atoms with van der Waals surface area (Å²) in [6, 6.07) is 2.38. The van der Waals surface area contributed by atoms with Gasteiger partial charge in [-0.25, -0.2) is 13.1 Å². The molecular weight excluding hydrogens is 311 g/mol. The van der Waals surface area contributed by atoms with Crippen LogP contribution in [0.4, 0.5) is 13.2 Å². The number of methoxy groups -OCH3 is 1. The number of alkyl halides is 3. The molecule has 0 amide bonds. The lowest BCUT2D eigenvalue weighted by Crippen LogP contribution is -2.35. The zero-order chi connectivity index (χ0) is 16.3. The Morgan fingerprint density at radius 3 is 2.48 bits per heavy atom. The van der Waals surface area contributed by atoms with Crippen molar-refractivity contribution in [3.05, 3.63) is 23.8 Å². The molecule has 0 heterocycles. The van der Waals surface area contributed by atoms with Crippen molar-refractivity contribution < 1.29 is 31.4 Å². The Bertz CT molecular complexity index is 587. The quantitative estimate of drug-likeness (QED) is 0.835. The highest BCUT2D eigenvalue weighted by molar-refractivity contribution is 7.89. The predicted octanol–water partition coefficient (Wildman–Crippen LogP) is 1.81. The van der Waals surface area contributed by atoms with Crippen LogP contribution in [0.2, 0.25) is 0 Å². The van der Waals surface area contributed by atoms with Crippen LogP contribution < -0.4 is 9.46 Å². The van der Waals surface area contributed by atoms with Gasteiger partial charge in [0.05, 0.1) is 25.0 Å². The summed E-state index contributed by atoms with van der Waals surface area (Å²) in [6.45, 7) is 0.673. The first-order valence-electron chi connectivity index (χ1n) is 5.96. The van der Waals surface area contributed by atoms with E-state index in [1.54, 1.807) is 0 Å². The maximum Gasteiger partial charge on any atom is 0.390 e. The molecule has 1 aromatic rings. The molecular formula is C12H16F3NO4S. The molecule has 1 rings (SSSR count). The SMILES string of the molecule is COc1ccc(S(=O)(=O)NC(C)CC(F)(F)F)cc1CO. The summed E-state index contributed by atoms with van der Waals surface area (Å²) in [5.74, 6) is 0.291. The Hall–Kier alpha value is -1.32. The van der Waals surface area contributed by atoms with Crippen LogP contribution in [0.15, 0.2) is 23.1 Å². The molecule has 1 aromatic carbocycles. The first-order valence-corrected chi connectivity index (χ1v) is 7.44. The van der Waals surface area contributed by atoms with Gasteiger partial charge in [0.2, 0.25) is 10.0 Å². The zero-order valence-corrected chi connectivity index (χ0v) is 12.3. The van der Waals surface area contributed by atoms with Crippen LogP contribution in [0.3, 0.4) is 0 Å². The molecule has 0 aliphatic rings. The molecule has 0 saturated carbocycles. The van der Waals surface area contributed by atoms with E-state index in [1.807, 2.05) is 4.72 Å². The summed E-state index contributed by atoms with van der Waals surface area (Å²) >= 11 is 0. The van der Waals surface area contributed by atoms with E-state index in [0.29, 0.717) is 5.75 Å². The molecule has 0 saturated heterocycles. The second-order valence-electron chi connectivity index (χ2n) is 4.47. The van der Waals surface area contributed by atoms with Crippen LogP contribution in [0.25, 0.3) is 0 Å². The fourth-order valence-electron chi connectivity index (χ4n) is 1.77. The largest absolute Gasteiger partial charge is 0.496 e. The third-order valence-corrected chi connectivity index (χ3v) is 4.21. The molecule has 21 heavy (non-hydrogen) atoms. The number of aliphatic hydroxyl groups excluding tert-OH is 1. The van der Waals surface area contributed by atoms with Crippen molar-refractivity contribution in [2.45, 2.75) is 37.1 Å². The van der Waals surface area contributed by atoms with Crippen LogP contribution in [-0.4, -0.2) is 32.9 Å². The summed E-state index contributed by atoms with van der Waals surface area (Å²) in [5, 5.41) is 9.13. The zero-order valence-electron chi connectivity index (χ0n) is 11.4. The van der Waals surface area contributed by atoms with Crippen LogP contribution in [0.5, 0.6) is 5.75 Å². The van der Waals surface area contributed by atoms with Gasteiger partial charge >= 0.3 is 6.18 Å². The van der Waals surface area contributed by atoms with Gasteiger partial charge in [-0.3, -0.25) is 0 Å². The summed E-state index contributed by atoms with van der Waals surface area (Å²) in [5.41, 5.74) is 0.226. The van der Waals surface area contributed by atoms with E-state index in [-0.39, 0.29) is 10.5 Å². The number of benzene rings is 1. The molecule has 0 radical (unpaired) electrons. The minimum Gasteiger partial charge on any atom is -0.496 e. The number of ether oxygens (including phenoxy) is 1. The van der Waals surface area contributed by atoms with Gasteiger partial charge in [-0.1, -0.05) is 0 Å². The lowest BCUT2D eigenvalue weighted by Gasteiger charge is -2.16. The van der Waals surface area contributed by atoms with Gasteiger partial charge in [0.15, 0.2) is 0 Å². The van der Waals surface area contributed by atoms with Gasteiger partial charge in [0.1, 0.15) is 5.75 Å². The average molecular weight is 327 g/mol. The van der Waals surface area contributed by atoms with Gasteiger partial charge in [-0.15, -0.1) is 0 Å². The molecule has 0 aliphatic carbocycles. The second kappa shape index (κ2) is 6.63. The number of rotatable bonds is 6. The van der Waals surface area contributed by atoms with Gasteiger partial charge < -0.3 is 9.84 Å². The normalized spacial score (nSPS) is 14.0. The number of nitrogens with one attached hydrogen (secondary N) is 1. The van der Waals surface area contributed by atoms with E-state index in [0.717, 1.165) is 13.0 Å². The Morgan fingerprint density at radius 2 is 2.00 bits per heavy atom. The highest BCUT2D eigenvalue weighted by Gasteiger charge is 2.32. The number of halogens is 3. The number of aliphatic hydroxyl groups is 1. The van der Waals surface area contributed by atoms with E-state index in [4.69, 9.17) is 9.84 Å². The van der Waals surface area contributed by atoms with Crippen molar-refractivity contribution in [1.82, 2.24) is 4.72 Å². The van der Waals surface area contributed by atoms with Crippen molar-refractivity contribution >= 4 is 10.0 Å². The molecule has 0 fully saturated rings. The van der Waals surface area contributed by atoms with E-state index < -0.39 is 35.3 Å². The van der Waals surface area contributed by atoms with Crippen molar-refractivity contribution in [1.29, 1.82) is 0 Å². The summed E-state index contributed by atoms with van der Waals surface area (Å²) in [4.78, 5) is -0.235. The van der Waals surface area contributed by atoms with Gasteiger partial charge in [0.25, 0.3) is 0 Å². The second-order valence-corrected chi connectivity index (χ2v) is 6.19. The van der Waals surface area contributed by atoms with Crippen molar-refractivity contribution in [2.75, 3.05) is 7.11 Å². The number of hydrogen-bond acceptors (Lipinski definition) is 4. The van der Waals surface area contributed by atoms with E-state index >= 15 is 0 Å². The maximum atomic E-state index is 12.2. The summed E-state index contributed by atoms with van der Waals surface area (Å²) in [7, 11) is -2.75. The minimum atomic E-state index is -4.46. The fraction of sp³-hybridized carbons (Fsp3) is 0.500. The third-order valence-electron chi connectivity index (χ3n) is 2.63. The Labute approximate surface area is 120 Å². The molecule has 0 aliphatic heterocycles.